The number of imidazole rings is 1. The number of nitrogens with two attached hydrogens (primary N) is 1. The summed E-state index contributed by atoms with van der Waals surface area (Å²) >= 11 is 0. The highest BCUT2D eigenvalue weighted by molar-refractivity contribution is 6.04. The van der Waals surface area contributed by atoms with Gasteiger partial charge in [0.15, 0.2) is 0 Å². The molecule has 214 valence electrons. The van der Waals surface area contributed by atoms with Crippen LogP contribution in [0.5, 0.6) is 0 Å². The normalized spacial score (nSPS) is 16.1. The number of hydrogen-bond donors (Lipinski definition) is 2. The predicted molar refractivity (Wildman–Crippen MR) is 148 cm³/mol. The van der Waals surface area contributed by atoms with E-state index in [1.54, 1.807) is 36.7 Å². The molecule has 3 aromatic heterocycles. The highest BCUT2D eigenvalue weighted by atomic mass is 19.4. The quantitative estimate of drug-likeness (QED) is 0.342. The molecule has 41 heavy (non-hydrogen) atoms. The zero-order valence-corrected chi connectivity index (χ0v) is 22.9. The van der Waals surface area contributed by atoms with E-state index in [4.69, 9.17) is 10.7 Å². The zero-order chi connectivity index (χ0) is 29.5. The van der Waals surface area contributed by atoms with Crippen LogP contribution in [0.4, 0.5) is 24.8 Å². The Hall–Kier alpha value is -4.48. The molecule has 2 amide bonds. The first-order valence-corrected chi connectivity index (χ1v) is 13.2. The molecule has 1 fully saturated rings. The van der Waals surface area contributed by atoms with Crippen molar-refractivity contribution in [2.24, 2.45) is 5.41 Å². The van der Waals surface area contributed by atoms with E-state index in [0.717, 1.165) is 37.0 Å². The number of piperidine rings is 1. The number of rotatable bonds is 4. The van der Waals surface area contributed by atoms with Gasteiger partial charge < -0.3 is 16.0 Å². The summed E-state index contributed by atoms with van der Waals surface area (Å²) in [6.07, 6.45) is 1.55. The minimum Gasteiger partial charge on any atom is -0.382 e. The van der Waals surface area contributed by atoms with Crippen molar-refractivity contribution >= 4 is 29.0 Å². The maximum absolute atomic E-state index is 13.0. The SMILES string of the molecule is CC(C)(C)C(=O)N1CCC[C@@H](c2nc(-c3ccc(C(=O)Nc4cc(C(F)(F)F)ccn4)cc3)c3c(N)nccn23)C1. The Bertz CT molecular complexity index is 1610. The van der Waals surface area contributed by atoms with E-state index in [9.17, 15) is 22.8 Å². The first kappa shape index (κ1) is 28.1. The van der Waals surface area contributed by atoms with Gasteiger partial charge in [-0.05, 0) is 37.1 Å². The van der Waals surface area contributed by atoms with Crippen LogP contribution in [0.1, 0.15) is 61.3 Å². The molecule has 1 saturated heterocycles. The van der Waals surface area contributed by atoms with Crippen LogP contribution in [-0.4, -0.2) is 49.2 Å². The zero-order valence-electron chi connectivity index (χ0n) is 22.9. The summed E-state index contributed by atoms with van der Waals surface area (Å²) in [6, 6.07) is 8.12. The number of hydrogen-bond acceptors (Lipinski definition) is 6. The van der Waals surface area contributed by atoms with Crippen LogP contribution in [0.2, 0.25) is 0 Å². The van der Waals surface area contributed by atoms with Crippen LogP contribution in [0.25, 0.3) is 16.8 Å². The first-order chi connectivity index (χ1) is 19.3. The van der Waals surface area contributed by atoms with Gasteiger partial charge in [0.2, 0.25) is 5.91 Å². The molecule has 1 aliphatic rings. The molecule has 4 heterocycles. The molecule has 0 radical (unpaired) electrons. The van der Waals surface area contributed by atoms with Crippen molar-refractivity contribution in [1.82, 2.24) is 24.3 Å². The molecule has 0 unspecified atom stereocenters. The van der Waals surface area contributed by atoms with E-state index < -0.39 is 23.1 Å². The number of pyridine rings is 1. The number of carbonyl (C=O) groups excluding carboxylic acids is 2. The molecule has 3 N–H and O–H groups in total. The van der Waals surface area contributed by atoms with Gasteiger partial charge in [0, 0.05) is 54.1 Å². The molecule has 1 atom stereocenters. The predicted octanol–water partition coefficient (Wildman–Crippen LogP) is 5.40. The van der Waals surface area contributed by atoms with Crippen molar-refractivity contribution in [3.63, 3.8) is 0 Å². The lowest BCUT2D eigenvalue weighted by Gasteiger charge is -2.36. The average molecular weight is 566 g/mol. The molecule has 12 heteroatoms. The molecule has 0 saturated carbocycles. The lowest BCUT2D eigenvalue weighted by Crippen LogP contribution is -2.44. The maximum atomic E-state index is 13.0. The summed E-state index contributed by atoms with van der Waals surface area (Å²) in [5.41, 5.74) is 7.00. The van der Waals surface area contributed by atoms with Crippen LogP contribution >= 0.6 is 0 Å². The summed E-state index contributed by atoms with van der Waals surface area (Å²) < 4.78 is 41.0. The van der Waals surface area contributed by atoms with E-state index in [1.807, 2.05) is 30.1 Å². The van der Waals surface area contributed by atoms with Crippen molar-refractivity contribution in [1.29, 1.82) is 0 Å². The van der Waals surface area contributed by atoms with Crippen LogP contribution < -0.4 is 11.1 Å². The highest BCUT2D eigenvalue weighted by Crippen LogP contribution is 2.35. The first-order valence-electron chi connectivity index (χ1n) is 13.2. The molecule has 9 nitrogen and oxygen atoms in total. The van der Waals surface area contributed by atoms with Gasteiger partial charge >= 0.3 is 6.18 Å². The van der Waals surface area contributed by atoms with Crippen molar-refractivity contribution in [3.8, 4) is 11.3 Å². The lowest BCUT2D eigenvalue weighted by molar-refractivity contribution is -0.140. The Morgan fingerprint density at radius 1 is 1.05 bits per heavy atom. The summed E-state index contributed by atoms with van der Waals surface area (Å²) in [7, 11) is 0. The molecule has 4 aromatic rings. The number of aromatic nitrogens is 4. The Balaban J connectivity index is 1.42. The average Bonchev–Trinajstić information content (AvgIpc) is 3.33. The smallest absolute Gasteiger partial charge is 0.382 e. The number of nitrogen functional groups attached to an aromatic ring is 1. The van der Waals surface area contributed by atoms with Gasteiger partial charge in [0.25, 0.3) is 5.91 Å². The van der Waals surface area contributed by atoms with Gasteiger partial charge in [-0.25, -0.2) is 15.0 Å². The second kappa shape index (κ2) is 10.5. The van der Waals surface area contributed by atoms with E-state index in [2.05, 4.69) is 15.3 Å². The largest absolute Gasteiger partial charge is 0.416 e. The second-order valence-electron chi connectivity index (χ2n) is 11.1. The fraction of sp³-hybridized carbons (Fsp3) is 0.345. The third-order valence-electron chi connectivity index (χ3n) is 7.08. The van der Waals surface area contributed by atoms with E-state index in [-0.39, 0.29) is 29.0 Å². The van der Waals surface area contributed by atoms with Crippen LogP contribution in [-0.2, 0) is 11.0 Å². The number of alkyl halides is 3. The number of fused-ring (bicyclic) bond motifs is 1. The van der Waals surface area contributed by atoms with Gasteiger partial charge in [0.1, 0.15) is 28.7 Å². The minimum absolute atomic E-state index is 0.0110. The number of likely N-dealkylation sites (tertiary alicyclic amines) is 1. The summed E-state index contributed by atoms with van der Waals surface area (Å²) in [6.45, 7) is 6.97. The summed E-state index contributed by atoms with van der Waals surface area (Å²) in [5.74, 6) is 0.335. The number of carbonyl (C=O) groups is 2. The maximum Gasteiger partial charge on any atom is 0.416 e. The number of nitrogens with one attached hydrogen (secondary N) is 1. The van der Waals surface area contributed by atoms with Gasteiger partial charge in [-0.2, -0.15) is 13.2 Å². The monoisotopic (exact) mass is 565 g/mol. The van der Waals surface area contributed by atoms with E-state index >= 15 is 0 Å². The van der Waals surface area contributed by atoms with Gasteiger partial charge in [-0.3, -0.25) is 14.0 Å². The van der Waals surface area contributed by atoms with Gasteiger partial charge in [0.05, 0.1) is 5.56 Å². The second-order valence-corrected chi connectivity index (χ2v) is 11.1. The van der Waals surface area contributed by atoms with Crippen LogP contribution in [0, 0.1) is 5.41 Å². The van der Waals surface area contributed by atoms with Gasteiger partial charge in [-0.15, -0.1) is 0 Å². The fourth-order valence-corrected chi connectivity index (χ4v) is 5.07. The Morgan fingerprint density at radius 3 is 2.46 bits per heavy atom. The topological polar surface area (TPSA) is 119 Å². The summed E-state index contributed by atoms with van der Waals surface area (Å²) in [5, 5.41) is 2.41. The molecule has 1 aliphatic heterocycles. The number of halogens is 3. The Kier molecular flexibility index (Phi) is 7.18. The van der Waals surface area contributed by atoms with Crippen molar-refractivity contribution in [3.05, 3.63) is 71.9 Å². The third kappa shape index (κ3) is 5.72. The summed E-state index contributed by atoms with van der Waals surface area (Å²) in [4.78, 5) is 40.6. The van der Waals surface area contributed by atoms with Crippen molar-refractivity contribution in [2.45, 2.75) is 45.7 Å². The molecule has 0 aliphatic carbocycles. The number of anilines is 2. The molecule has 0 bridgehead atoms. The standard InChI is InChI=1S/C29H30F3N7O2/c1-28(2,3)27(41)38-13-4-5-19(16-38)25-37-22(23-24(33)35-12-14-39(23)25)17-6-8-18(9-7-17)26(40)36-21-15-20(10-11-34-21)29(30,31)32/h6-12,14-15,19H,4-5,13,16H2,1-3H3,(H2,33,35)(H,34,36,40)/t19-/m1/s1. The minimum atomic E-state index is -4.55. The molecule has 5 rings (SSSR count). The molecule has 0 spiro atoms. The number of amides is 2. The molecular weight excluding hydrogens is 535 g/mol. The molecular formula is C29H30F3N7O2. The highest BCUT2D eigenvalue weighted by Gasteiger charge is 2.34. The Labute approximate surface area is 234 Å². The van der Waals surface area contributed by atoms with Crippen LogP contribution in [0.3, 0.4) is 0 Å². The van der Waals surface area contributed by atoms with Crippen LogP contribution in [0.15, 0.2) is 55.0 Å². The fourth-order valence-electron chi connectivity index (χ4n) is 5.07. The molecule has 1 aromatic carbocycles. The number of nitrogens with zero attached hydrogens (tertiary/aromatic N) is 5. The van der Waals surface area contributed by atoms with E-state index in [1.165, 1.54) is 0 Å². The number of benzene rings is 1. The lowest BCUT2D eigenvalue weighted by atomic mass is 9.91. The third-order valence-corrected chi connectivity index (χ3v) is 7.08. The van der Waals surface area contributed by atoms with Gasteiger partial charge in [-0.1, -0.05) is 32.9 Å². The van der Waals surface area contributed by atoms with E-state index in [0.29, 0.717) is 29.9 Å². The van der Waals surface area contributed by atoms with Crippen molar-refractivity contribution < 1.29 is 22.8 Å². The van der Waals surface area contributed by atoms with Crippen molar-refractivity contribution in [2.75, 3.05) is 24.1 Å². The Morgan fingerprint density at radius 2 is 1.78 bits per heavy atom.